The highest BCUT2D eigenvalue weighted by molar-refractivity contribution is 5.84. The summed E-state index contributed by atoms with van der Waals surface area (Å²) in [6, 6.07) is 6.94. The van der Waals surface area contributed by atoms with E-state index in [0.717, 1.165) is 4.57 Å². The number of aryl methyl sites for hydroxylation is 1. The molecular formula is C21H19N7O4. The van der Waals surface area contributed by atoms with Gasteiger partial charge in [-0.1, -0.05) is 24.1 Å². The molecule has 0 aliphatic heterocycles. The molecule has 1 amide bonds. The highest BCUT2D eigenvalue weighted by atomic mass is 16.2. The summed E-state index contributed by atoms with van der Waals surface area (Å²) in [6.45, 7) is -0.132. The summed E-state index contributed by atoms with van der Waals surface area (Å²) >= 11 is 0. The fourth-order valence-corrected chi connectivity index (χ4v) is 3.54. The summed E-state index contributed by atoms with van der Waals surface area (Å²) in [5.74, 6) is 1.99. The number of carbonyl (C=O) groups is 1. The summed E-state index contributed by atoms with van der Waals surface area (Å²) in [5, 5.41) is 8.11. The second-order valence-electron chi connectivity index (χ2n) is 7.19. The van der Waals surface area contributed by atoms with Crippen LogP contribution in [0, 0.1) is 12.3 Å². The van der Waals surface area contributed by atoms with Gasteiger partial charge in [0.25, 0.3) is 11.1 Å². The van der Waals surface area contributed by atoms with Crippen molar-refractivity contribution in [3.8, 4) is 12.3 Å². The zero-order valence-electron chi connectivity index (χ0n) is 17.4. The fourth-order valence-electron chi connectivity index (χ4n) is 3.54. The molecule has 4 rings (SSSR count). The molecule has 0 radical (unpaired) electrons. The van der Waals surface area contributed by atoms with Crippen molar-refractivity contribution in [3.05, 3.63) is 67.5 Å². The van der Waals surface area contributed by atoms with Crippen molar-refractivity contribution in [2.45, 2.75) is 19.6 Å². The Labute approximate surface area is 180 Å². The van der Waals surface area contributed by atoms with E-state index >= 15 is 0 Å². The molecule has 0 bridgehead atoms. The first kappa shape index (κ1) is 20.8. The predicted octanol–water partition coefficient (Wildman–Crippen LogP) is -0.907. The van der Waals surface area contributed by atoms with Crippen LogP contribution in [0.4, 0.5) is 0 Å². The van der Waals surface area contributed by atoms with E-state index < -0.39 is 17.2 Å². The van der Waals surface area contributed by atoms with Crippen molar-refractivity contribution in [2.75, 3.05) is 0 Å². The monoisotopic (exact) mass is 433 g/mol. The quantitative estimate of drug-likeness (QED) is 0.406. The maximum atomic E-state index is 12.6. The average molecular weight is 433 g/mol. The smallest absolute Gasteiger partial charge is 0.332 e. The lowest BCUT2D eigenvalue weighted by Gasteiger charge is -2.11. The topological polar surface area (TPSA) is 126 Å². The molecule has 0 fully saturated rings. The molecule has 0 saturated carbocycles. The number of carbonyl (C=O) groups excluding carboxylic acids is 1. The molecule has 3 aromatic heterocycles. The first-order valence-electron chi connectivity index (χ1n) is 9.63. The number of rotatable bonds is 5. The number of nitrogens with zero attached hydrogens (tertiary/aromatic N) is 6. The lowest BCUT2D eigenvalue weighted by Crippen LogP contribution is -2.38. The SMILES string of the molecule is C#CCn1nc(CNC(=O)Cn2cnc3c2c(=O)n(C)c(=O)n3C)c2ccccc2c1=O. The standard InChI is InChI=1S/C21H19N7O4/c1-4-9-28-19(30)14-8-6-5-7-13(14)15(24-28)10-22-16(29)11-27-12-23-18-17(27)20(31)26(3)21(32)25(18)2/h1,5-8,12H,9-11H2,2-3H3,(H,22,29). The zero-order chi connectivity index (χ0) is 23.0. The van der Waals surface area contributed by atoms with Crippen LogP contribution < -0.4 is 22.1 Å². The van der Waals surface area contributed by atoms with Crippen LogP contribution in [-0.4, -0.2) is 34.4 Å². The molecule has 0 saturated heterocycles. The van der Waals surface area contributed by atoms with Gasteiger partial charge in [-0.3, -0.25) is 23.5 Å². The molecule has 32 heavy (non-hydrogen) atoms. The maximum Gasteiger partial charge on any atom is 0.332 e. The molecule has 0 aliphatic rings. The molecular weight excluding hydrogens is 414 g/mol. The second kappa shape index (κ2) is 7.99. The highest BCUT2D eigenvalue weighted by Crippen LogP contribution is 2.13. The molecule has 0 atom stereocenters. The zero-order valence-corrected chi connectivity index (χ0v) is 17.4. The van der Waals surface area contributed by atoms with Crippen LogP contribution in [0.15, 0.2) is 45.0 Å². The van der Waals surface area contributed by atoms with E-state index in [1.807, 2.05) is 0 Å². The number of nitrogens with one attached hydrogen (secondary N) is 1. The van der Waals surface area contributed by atoms with Gasteiger partial charge < -0.3 is 9.88 Å². The number of imidazole rings is 1. The van der Waals surface area contributed by atoms with Crippen molar-refractivity contribution in [1.29, 1.82) is 0 Å². The molecule has 1 aromatic carbocycles. The number of amides is 1. The summed E-state index contributed by atoms with van der Waals surface area (Å²) in [4.78, 5) is 53.8. The van der Waals surface area contributed by atoms with Crippen molar-refractivity contribution in [3.63, 3.8) is 0 Å². The molecule has 0 aliphatic carbocycles. The number of benzene rings is 1. The van der Waals surface area contributed by atoms with Crippen molar-refractivity contribution >= 4 is 27.8 Å². The first-order chi connectivity index (χ1) is 15.3. The number of fused-ring (bicyclic) bond motifs is 2. The van der Waals surface area contributed by atoms with E-state index in [2.05, 4.69) is 21.3 Å². The van der Waals surface area contributed by atoms with Crippen LogP contribution in [0.3, 0.4) is 0 Å². The number of hydrogen-bond donors (Lipinski definition) is 1. The highest BCUT2D eigenvalue weighted by Gasteiger charge is 2.16. The largest absolute Gasteiger partial charge is 0.349 e. The number of aromatic nitrogens is 6. The van der Waals surface area contributed by atoms with Crippen LogP contribution in [0.2, 0.25) is 0 Å². The van der Waals surface area contributed by atoms with Crippen LogP contribution in [-0.2, 0) is 38.5 Å². The Morgan fingerprint density at radius 1 is 1.09 bits per heavy atom. The molecule has 4 aromatic rings. The summed E-state index contributed by atoms with van der Waals surface area (Å²) < 4.78 is 4.77. The Morgan fingerprint density at radius 3 is 2.53 bits per heavy atom. The Bertz CT molecular complexity index is 1600. The van der Waals surface area contributed by atoms with Crippen LogP contribution in [0.5, 0.6) is 0 Å². The molecule has 11 nitrogen and oxygen atoms in total. The number of hydrogen-bond acceptors (Lipinski definition) is 6. The van der Waals surface area contributed by atoms with Gasteiger partial charge in [-0.15, -0.1) is 6.42 Å². The van der Waals surface area contributed by atoms with Gasteiger partial charge in [0.05, 0.1) is 24.0 Å². The van der Waals surface area contributed by atoms with E-state index in [0.29, 0.717) is 16.5 Å². The first-order valence-corrected chi connectivity index (χ1v) is 9.63. The van der Waals surface area contributed by atoms with Crippen molar-refractivity contribution in [1.82, 2.24) is 33.8 Å². The fraction of sp³-hybridized carbons (Fsp3) is 0.238. The molecule has 3 heterocycles. The summed E-state index contributed by atoms with van der Waals surface area (Å²) in [6.07, 6.45) is 6.67. The van der Waals surface area contributed by atoms with Crippen molar-refractivity contribution < 1.29 is 4.79 Å². The third-order valence-electron chi connectivity index (χ3n) is 5.17. The van der Waals surface area contributed by atoms with E-state index in [9.17, 15) is 19.2 Å². The third kappa shape index (κ3) is 3.37. The van der Waals surface area contributed by atoms with Gasteiger partial charge in [0.1, 0.15) is 13.1 Å². The van der Waals surface area contributed by atoms with E-state index in [1.165, 1.54) is 34.2 Å². The lowest BCUT2D eigenvalue weighted by atomic mass is 10.1. The molecule has 0 unspecified atom stereocenters. The minimum absolute atomic E-state index is 0.00759. The maximum absolute atomic E-state index is 12.6. The minimum Gasteiger partial charge on any atom is -0.349 e. The van der Waals surface area contributed by atoms with E-state index in [1.54, 1.807) is 24.3 Å². The molecule has 1 N–H and O–H groups in total. The van der Waals surface area contributed by atoms with Gasteiger partial charge in [-0.25, -0.2) is 14.5 Å². The van der Waals surface area contributed by atoms with Gasteiger partial charge in [0.15, 0.2) is 11.2 Å². The summed E-state index contributed by atoms with van der Waals surface area (Å²) in [5.41, 5.74) is -0.520. The normalized spacial score (nSPS) is 11.0. The van der Waals surface area contributed by atoms with Gasteiger partial charge in [-0.2, -0.15) is 5.10 Å². The Hall–Kier alpha value is -4.46. The van der Waals surface area contributed by atoms with Crippen molar-refractivity contribution in [2.24, 2.45) is 14.1 Å². The minimum atomic E-state index is -0.539. The average Bonchev–Trinajstić information content (AvgIpc) is 3.21. The van der Waals surface area contributed by atoms with Crippen LogP contribution >= 0.6 is 0 Å². The second-order valence-corrected chi connectivity index (χ2v) is 7.19. The van der Waals surface area contributed by atoms with Crippen LogP contribution in [0.25, 0.3) is 21.9 Å². The third-order valence-corrected chi connectivity index (χ3v) is 5.17. The predicted molar refractivity (Wildman–Crippen MR) is 117 cm³/mol. The number of terminal acetylenes is 1. The van der Waals surface area contributed by atoms with Gasteiger partial charge in [-0.05, 0) is 6.07 Å². The Kier molecular flexibility index (Phi) is 5.19. The Balaban J connectivity index is 1.62. The molecule has 11 heteroatoms. The summed E-state index contributed by atoms with van der Waals surface area (Å²) in [7, 11) is 2.87. The van der Waals surface area contributed by atoms with Gasteiger partial charge >= 0.3 is 5.69 Å². The van der Waals surface area contributed by atoms with Gasteiger partial charge in [0.2, 0.25) is 5.91 Å². The molecule has 0 spiro atoms. The Morgan fingerprint density at radius 2 is 1.81 bits per heavy atom. The van der Waals surface area contributed by atoms with Gasteiger partial charge in [0, 0.05) is 19.5 Å². The van der Waals surface area contributed by atoms with E-state index in [-0.39, 0.29) is 36.4 Å². The van der Waals surface area contributed by atoms with E-state index in [4.69, 9.17) is 6.42 Å². The lowest BCUT2D eigenvalue weighted by molar-refractivity contribution is -0.121. The molecule has 162 valence electrons. The van der Waals surface area contributed by atoms with Crippen LogP contribution in [0.1, 0.15) is 5.69 Å².